The van der Waals surface area contributed by atoms with Crippen molar-refractivity contribution >= 4 is 34.7 Å². The van der Waals surface area contributed by atoms with Crippen LogP contribution in [0.1, 0.15) is 12.0 Å². The lowest BCUT2D eigenvalue weighted by Gasteiger charge is -2.20. The number of anilines is 2. The molecular weight excluding hydrogens is 376 g/mol. The Morgan fingerprint density at radius 2 is 1.97 bits per heavy atom. The minimum atomic E-state index is -0.0798. The van der Waals surface area contributed by atoms with Crippen LogP contribution in [0.3, 0.4) is 0 Å². The number of hydrogen-bond donors (Lipinski definition) is 2. The normalized spacial score (nSPS) is 22.4. The second kappa shape index (κ2) is 7.74. The van der Waals surface area contributed by atoms with Gasteiger partial charge in [-0.2, -0.15) is 0 Å². The highest BCUT2D eigenvalue weighted by molar-refractivity contribution is 5.91. The summed E-state index contributed by atoms with van der Waals surface area (Å²) in [5, 5.41) is 4.05. The van der Waals surface area contributed by atoms with Gasteiger partial charge >= 0.3 is 0 Å². The number of carbonyl (C=O) groups is 1. The maximum atomic E-state index is 12.0. The third-order valence-corrected chi connectivity index (χ3v) is 6.14. The zero-order valence-corrected chi connectivity index (χ0v) is 16.6. The van der Waals surface area contributed by atoms with Crippen LogP contribution in [0, 0.1) is 17.8 Å². The highest BCUT2D eigenvalue weighted by Crippen LogP contribution is 2.53. The van der Waals surface area contributed by atoms with Crippen LogP contribution in [0.25, 0.3) is 17.0 Å². The number of fused-ring (bicyclic) bond motifs is 2. The van der Waals surface area contributed by atoms with Crippen LogP contribution in [-0.4, -0.2) is 40.5 Å². The molecule has 30 heavy (non-hydrogen) atoms. The Balaban J connectivity index is 1.07. The Bertz CT molecular complexity index is 1080. The van der Waals surface area contributed by atoms with E-state index in [0.717, 1.165) is 41.9 Å². The molecule has 1 amide bonds. The van der Waals surface area contributed by atoms with Gasteiger partial charge in [0.25, 0.3) is 0 Å². The average molecular weight is 400 g/mol. The molecule has 152 valence electrons. The quantitative estimate of drug-likeness (QED) is 0.617. The second-order valence-electron chi connectivity index (χ2n) is 8.05. The van der Waals surface area contributed by atoms with Crippen LogP contribution in [0.5, 0.6) is 0 Å². The molecular formula is C23H24N6O. The van der Waals surface area contributed by atoms with Crippen molar-refractivity contribution in [3.05, 3.63) is 60.4 Å². The number of aromatic nitrogens is 3. The number of rotatable bonds is 6. The Hall–Kier alpha value is -3.48. The number of hydrogen-bond acceptors (Lipinski definition) is 6. The van der Waals surface area contributed by atoms with Crippen molar-refractivity contribution < 1.29 is 4.79 Å². The number of nitrogens with one attached hydrogen (secondary N) is 1. The van der Waals surface area contributed by atoms with Gasteiger partial charge in [-0.15, -0.1) is 0 Å². The maximum absolute atomic E-state index is 12.0. The molecule has 0 bridgehead atoms. The predicted octanol–water partition coefficient (Wildman–Crippen LogP) is 2.51. The van der Waals surface area contributed by atoms with Crippen molar-refractivity contribution in [3.8, 4) is 0 Å². The van der Waals surface area contributed by atoms with Crippen LogP contribution in [0.15, 0.2) is 54.9 Å². The fraction of sp³-hybridized carbons (Fsp3) is 0.304. The first kappa shape index (κ1) is 18.5. The lowest BCUT2D eigenvalue weighted by atomic mass is 10.2. The summed E-state index contributed by atoms with van der Waals surface area (Å²) in [6, 6.07) is 11.6. The van der Waals surface area contributed by atoms with E-state index in [0.29, 0.717) is 30.1 Å². The Morgan fingerprint density at radius 1 is 1.13 bits per heavy atom. The summed E-state index contributed by atoms with van der Waals surface area (Å²) in [6.07, 6.45) is 7.86. The number of pyridine rings is 1. The van der Waals surface area contributed by atoms with Gasteiger partial charge in [-0.25, -0.2) is 15.0 Å². The van der Waals surface area contributed by atoms with Gasteiger partial charge in [0.1, 0.15) is 5.82 Å². The number of carbonyl (C=O) groups excluding carboxylic acids is 1. The van der Waals surface area contributed by atoms with E-state index in [9.17, 15) is 4.79 Å². The van der Waals surface area contributed by atoms with Crippen molar-refractivity contribution in [2.45, 2.75) is 6.42 Å². The van der Waals surface area contributed by atoms with Gasteiger partial charge in [-0.3, -0.25) is 4.79 Å². The molecule has 1 saturated carbocycles. The summed E-state index contributed by atoms with van der Waals surface area (Å²) in [4.78, 5) is 27.6. The van der Waals surface area contributed by atoms with Crippen molar-refractivity contribution in [2.75, 3.05) is 30.3 Å². The molecule has 3 heterocycles. The highest BCUT2D eigenvalue weighted by Gasteiger charge is 2.55. The summed E-state index contributed by atoms with van der Waals surface area (Å²) < 4.78 is 0. The molecule has 0 spiro atoms. The predicted molar refractivity (Wildman–Crippen MR) is 118 cm³/mol. The number of para-hydroxylation sites is 1. The topological polar surface area (TPSA) is 97.0 Å². The third-order valence-electron chi connectivity index (χ3n) is 6.14. The van der Waals surface area contributed by atoms with E-state index in [-0.39, 0.29) is 5.91 Å². The van der Waals surface area contributed by atoms with E-state index in [4.69, 9.17) is 10.7 Å². The largest absolute Gasteiger partial charge is 0.384 e. The summed E-state index contributed by atoms with van der Waals surface area (Å²) in [5.41, 5.74) is 7.41. The van der Waals surface area contributed by atoms with Gasteiger partial charge in [0.05, 0.1) is 5.52 Å². The molecule has 3 aromatic rings. The van der Waals surface area contributed by atoms with Crippen LogP contribution >= 0.6 is 0 Å². The van der Waals surface area contributed by atoms with Crippen LogP contribution in [-0.2, 0) is 4.79 Å². The minimum absolute atomic E-state index is 0.0798. The first-order chi connectivity index (χ1) is 14.7. The van der Waals surface area contributed by atoms with Gasteiger partial charge in [0.15, 0.2) is 0 Å². The second-order valence-corrected chi connectivity index (χ2v) is 8.05. The van der Waals surface area contributed by atoms with Crippen molar-refractivity contribution in [3.63, 3.8) is 0 Å². The summed E-state index contributed by atoms with van der Waals surface area (Å²) >= 11 is 0. The number of nitrogens with zero attached hydrogens (tertiary/aromatic N) is 4. The molecule has 1 saturated heterocycles. The van der Waals surface area contributed by atoms with Crippen LogP contribution < -0.4 is 16.0 Å². The highest BCUT2D eigenvalue weighted by atomic mass is 16.1. The number of nitrogen functional groups attached to an aromatic ring is 1. The van der Waals surface area contributed by atoms with Gasteiger partial charge < -0.3 is 16.0 Å². The van der Waals surface area contributed by atoms with Crippen LogP contribution in [0.2, 0.25) is 0 Å². The number of piperidine rings is 1. The molecule has 3 N–H and O–H groups in total. The molecule has 2 aromatic heterocycles. The monoisotopic (exact) mass is 400 g/mol. The summed E-state index contributed by atoms with van der Waals surface area (Å²) in [6.45, 7) is 2.71. The molecule has 7 heteroatoms. The molecule has 2 aliphatic rings. The maximum Gasteiger partial charge on any atom is 0.244 e. The van der Waals surface area contributed by atoms with Crippen molar-refractivity contribution in [1.82, 2.24) is 20.3 Å². The van der Waals surface area contributed by atoms with E-state index < -0.39 is 0 Å². The van der Waals surface area contributed by atoms with E-state index >= 15 is 0 Å². The molecule has 3 atom stereocenters. The fourth-order valence-corrected chi connectivity index (χ4v) is 4.46. The molecule has 0 unspecified atom stereocenters. The van der Waals surface area contributed by atoms with Gasteiger partial charge in [0, 0.05) is 43.5 Å². The first-order valence-electron chi connectivity index (χ1n) is 10.3. The minimum Gasteiger partial charge on any atom is -0.384 e. The standard InChI is InChI=1S/C23H24N6O/c24-21-7-5-15(11-26-21)6-8-22(30)25-10-9-17-18-13-29(14-19(17)18)23-27-12-16-3-1-2-4-20(16)28-23/h1-8,11-12,17-19H,9-10,13-14H2,(H2,24,26)(H,25,30)/b8-6+/t17-,18-,19+. The smallest absolute Gasteiger partial charge is 0.244 e. The number of benzene rings is 1. The Morgan fingerprint density at radius 3 is 2.77 bits per heavy atom. The molecule has 0 radical (unpaired) electrons. The molecule has 1 aliphatic heterocycles. The van der Waals surface area contributed by atoms with Crippen molar-refractivity contribution in [2.24, 2.45) is 17.8 Å². The SMILES string of the molecule is Nc1ccc(/C=C/C(=O)NCC[C@@H]2[C@H]3CN(c4ncc5ccccc5n4)C[C@@H]23)cn1. The molecule has 1 aromatic carbocycles. The molecule has 2 fully saturated rings. The van der Waals surface area contributed by atoms with E-state index in [1.807, 2.05) is 36.5 Å². The Kier molecular flexibility index (Phi) is 4.78. The number of amides is 1. The summed E-state index contributed by atoms with van der Waals surface area (Å²) in [7, 11) is 0. The zero-order valence-electron chi connectivity index (χ0n) is 16.6. The Labute approximate surface area is 175 Å². The van der Waals surface area contributed by atoms with Crippen molar-refractivity contribution in [1.29, 1.82) is 0 Å². The lowest BCUT2D eigenvalue weighted by Crippen LogP contribution is -2.27. The van der Waals surface area contributed by atoms with Gasteiger partial charge in [0.2, 0.25) is 11.9 Å². The van der Waals surface area contributed by atoms with E-state index in [1.165, 1.54) is 0 Å². The zero-order chi connectivity index (χ0) is 20.5. The fourth-order valence-electron chi connectivity index (χ4n) is 4.46. The average Bonchev–Trinajstić information content (AvgIpc) is 3.21. The third kappa shape index (κ3) is 3.83. The van der Waals surface area contributed by atoms with Crippen LogP contribution in [0.4, 0.5) is 11.8 Å². The van der Waals surface area contributed by atoms with Gasteiger partial charge in [-0.05, 0) is 54.0 Å². The number of nitrogens with two attached hydrogens (primary N) is 1. The molecule has 1 aliphatic carbocycles. The van der Waals surface area contributed by atoms with E-state index in [1.54, 1.807) is 24.4 Å². The first-order valence-corrected chi connectivity index (χ1v) is 10.3. The van der Waals surface area contributed by atoms with E-state index in [2.05, 4.69) is 20.2 Å². The molecule has 5 rings (SSSR count). The van der Waals surface area contributed by atoms with Gasteiger partial charge in [-0.1, -0.05) is 18.2 Å². The lowest BCUT2D eigenvalue weighted by molar-refractivity contribution is -0.116. The molecule has 7 nitrogen and oxygen atoms in total. The summed E-state index contributed by atoms with van der Waals surface area (Å²) in [5.74, 6) is 3.28.